The Labute approximate surface area is 124 Å². The number of nitrogens with one attached hydrogen (secondary N) is 1. The van der Waals surface area contributed by atoms with Crippen LogP contribution in [0.15, 0.2) is 47.3 Å². The summed E-state index contributed by atoms with van der Waals surface area (Å²) in [5.74, 6) is 0. The van der Waals surface area contributed by atoms with Gasteiger partial charge in [0.2, 0.25) is 0 Å². The quantitative estimate of drug-likeness (QED) is 0.722. The van der Waals surface area contributed by atoms with Crippen LogP contribution in [-0.2, 0) is 6.54 Å². The van der Waals surface area contributed by atoms with Gasteiger partial charge >= 0.3 is 0 Å². The third-order valence-corrected chi connectivity index (χ3v) is 4.76. The van der Waals surface area contributed by atoms with Crippen molar-refractivity contribution in [1.29, 1.82) is 0 Å². The van der Waals surface area contributed by atoms with Gasteiger partial charge < -0.3 is 5.32 Å². The molecule has 0 aliphatic heterocycles. The largest absolute Gasteiger partial charge is 0.380 e. The highest BCUT2D eigenvalue weighted by Crippen LogP contribution is 2.24. The molecule has 0 saturated carbocycles. The molecule has 0 amide bonds. The van der Waals surface area contributed by atoms with Crippen LogP contribution in [0, 0.1) is 0 Å². The van der Waals surface area contributed by atoms with Crippen molar-refractivity contribution in [1.82, 2.24) is 4.98 Å². The number of nitrogens with zero attached hydrogens (tertiary/aromatic N) is 1. The maximum absolute atomic E-state index is 5.90. The molecular weight excluding hydrogens is 296 g/mol. The van der Waals surface area contributed by atoms with E-state index in [0.29, 0.717) is 0 Å². The van der Waals surface area contributed by atoms with E-state index < -0.39 is 0 Å². The lowest BCUT2D eigenvalue weighted by atomic mass is 10.2. The summed E-state index contributed by atoms with van der Waals surface area (Å²) in [6.45, 7) is 0.800. The summed E-state index contributed by atoms with van der Waals surface area (Å²) in [5, 5.41) is 9.18. The van der Waals surface area contributed by atoms with Crippen LogP contribution in [-0.4, -0.2) is 4.98 Å². The summed E-state index contributed by atoms with van der Waals surface area (Å²) in [4.78, 5) is 5.53. The number of halogens is 1. The van der Waals surface area contributed by atoms with E-state index in [1.807, 2.05) is 23.0 Å². The van der Waals surface area contributed by atoms with Crippen LogP contribution in [0.25, 0.3) is 10.6 Å². The van der Waals surface area contributed by atoms with E-state index in [2.05, 4.69) is 34.6 Å². The van der Waals surface area contributed by atoms with Crippen LogP contribution >= 0.6 is 34.3 Å². The van der Waals surface area contributed by atoms with Crippen molar-refractivity contribution in [3.8, 4) is 10.6 Å². The van der Waals surface area contributed by atoms with Crippen LogP contribution in [0.3, 0.4) is 0 Å². The predicted octanol–water partition coefficient (Wildman–Crippen LogP) is 5.14. The maximum atomic E-state index is 5.90. The van der Waals surface area contributed by atoms with Crippen LogP contribution in [0.1, 0.15) is 4.88 Å². The lowest BCUT2D eigenvalue weighted by molar-refractivity contribution is 1.19. The van der Waals surface area contributed by atoms with Gasteiger partial charge in [0.05, 0.1) is 5.02 Å². The van der Waals surface area contributed by atoms with Gasteiger partial charge in [0.15, 0.2) is 0 Å². The Hall–Kier alpha value is -1.36. The first-order valence-corrected chi connectivity index (χ1v) is 7.92. The number of anilines is 1. The Morgan fingerprint density at radius 1 is 1.16 bits per heavy atom. The summed E-state index contributed by atoms with van der Waals surface area (Å²) in [5.41, 5.74) is 2.25. The summed E-state index contributed by atoms with van der Waals surface area (Å²) < 4.78 is 0. The smallest absolute Gasteiger partial charge is 0.123 e. The molecule has 0 fully saturated rings. The minimum absolute atomic E-state index is 0.800. The minimum Gasteiger partial charge on any atom is -0.380 e. The van der Waals surface area contributed by atoms with Crippen molar-refractivity contribution in [2.45, 2.75) is 6.54 Å². The zero-order valence-corrected chi connectivity index (χ0v) is 12.4. The van der Waals surface area contributed by atoms with Crippen LogP contribution in [0.4, 0.5) is 5.69 Å². The van der Waals surface area contributed by atoms with Gasteiger partial charge in [0, 0.05) is 39.6 Å². The van der Waals surface area contributed by atoms with Crippen molar-refractivity contribution in [2.24, 2.45) is 0 Å². The second-order valence-electron chi connectivity index (χ2n) is 4.00. The highest BCUT2D eigenvalue weighted by molar-refractivity contribution is 7.13. The number of benzene rings is 1. The monoisotopic (exact) mass is 306 g/mol. The number of thiophene rings is 1. The van der Waals surface area contributed by atoms with Crippen molar-refractivity contribution in [3.05, 3.63) is 57.2 Å². The highest BCUT2D eigenvalue weighted by Gasteiger charge is 2.01. The average molecular weight is 307 g/mol. The second-order valence-corrected chi connectivity index (χ2v) is 6.33. The fraction of sp³-hybridized carbons (Fsp3) is 0.0714. The number of hydrogen-bond donors (Lipinski definition) is 1. The van der Waals surface area contributed by atoms with Crippen molar-refractivity contribution >= 4 is 40.0 Å². The molecule has 0 aliphatic rings. The molecule has 1 aromatic carbocycles. The van der Waals surface area contributed by atoms with Crippen molar-refractivity contribution in [2.75, 3.05) is 5.32 Å². The molecule has 0 aliphatic carbocycles. The molecular formula is C14H11ClN2S2. The van der Waals surface area contributed by atoms with Crippen LogP contribution in [0.2, 0.25) is 5.02 Å². The number of rotatable bonds is 4. The highest BCUT2D eigenvalue weighted by atomic mass is 35.5. The van der Waals surface area contributed by atoms with Crippen LogP contribution in [0.5, 0.6) is 0 Å². The van der Waals surface area contributed by atoms with Gasteiger partial charge in [-0.1, -0.05) is 11.6 Å². The van der Waals surface area contributed by atoms with Gasteiger partial charge in [0.1, 0.15) is 5.01 Å². The molecule has 0 saturated heterocycles. The van der Waals surface area contributed by atoms with Gasteiger partial charge in [-0.3, -0.25) is 0 Å². The average Bonchev–Trinajstić information content (AvgIpc) is 3.08. The fourth-order valence-corrected chi connectivity index (χ4v) is 3.39. The molecule has 1 N–H and O–H groups in total. The van der Waals surface area contributed by atoms with E-state index in [0.717, 1.165) is 27.8 Å². The Kier molecular flexibility index (Phi) is 3.82. The van der Waals surface area contributed by atoms with E-state index >= 15 is 0 Å². The third-order valence-electron chi connectivity index (χ3n) is 2.65. The molecule has 2 aromatic heterocycles. The van der Waals surface area contributed by atoms with E-state index in [9.17, 15) is 0 Å². The zero-order valence-electron chi connectivity index (χ0n) is 9.97. The first kappa shape index (κ1) is 12.7. The molecule has 3 aromatic rings. The molecule has 3 rings (SSSR count). The summed E-state index contributed by atoms with van der Waals surface area (Å²) >= 11 is 9.21. The normalized spacial score (nSPS) is 10.6. The maximum Gasteiger partial charge on any atom is 0.123 e. The molecule has 0 radical (unpaired) electrons. The van der Waals surface area contributed by atoms with Crippen LogP contribution < -0.4 is 5.32 Å². The van der Waals surface area contributed by atoms with E-state index in [1.54, 1.807) is 22.7 Å². The summed E-state index contributed by atoms with van der Waals surface area (Å²) in [6, 6.07) is 10.3. The molecule has 0 bridgehead atoms. The molecule has 0 spiro atoms. The Balaban J connectivity index is 1.66. The molecule has 0 unspecified atom stereocenters. The Morgan fingerprint density at radius 3 is 2.63 bits per heavy atom. The summed E-state index contributed by atoms with van der Waals surface area (Å²) in [6.07, 6.45) is 1.83. The number of hydrogen-bond acceptors (Lipinski definition) is 4. The molecule has 96 valence electrons. The number of thiazole rings is 1. The second kappa shape index (κ2) is 5.74. The van der Waals surface area contributed by atoms with Gasteiger partial charge in [-0.2, -0.15) is 0 Å². The fourth-order valence-electron chi connectivity index (χ4n) is 1.73. The third kappa shape index (κ3) is 3.15. The van der Waals surface area contributed by atoms with Gasteiger partial charge in [-0.05, 0) is 30.3 Å². The summed E-state index contributed by atoms with van der Waals surface area (Å²) in [7, 11) is 0. The van der Waals surface area contributed by atoms with E-state index in [1.165, 1.54) is 4.88 Å². The minimum atomic E-state index is 0.800. The van der Waals surface area contributed by atoms with E-state index in [-0.39, 0.29) is 0 Å². The van der Waals surface area contributed by atoms with Gasteiger partial charge in [0.25, 0.3) is 0 Å². The molecule has 0 atom stereocenters. The lowest BCUT2D eigenvalue weighted by Crippen LogP contribution is -1.96. The molecule has 5 heteroatoms. The molecule has 2 nitrogen and oxygen atoms in total. The molecule has 19 heavy (non-hydrogen) atoms. The van der Waals surface area contributed by atoms with Crippen molar-refractivity contribution in [3.63, 3.8) is 0 Å². The standard InChI is InChI=1S/C14H11ClN2S2/c15-11-7-13(19-9-11)8-17-12-3-1-10(2-4-12)14-16-5-6-18-14/h1-7,9,17H,8H2. The number of aromatic nitrogens is 1. The lowest BCUT2D eigenvalue weighted by Gasteiger charge is -2.05. The first-order valence-electron chi connectivity index (χ1n) is 5.78. The SMILES string of the molecule is Clc1csc(CNc2ccc(-c3nccs3)cc2)c1. The van der Waals surface area contributed by atoms with Crippen molar-refractivity contribution < 1.29 is 0 Å². The molecule has 2 heterocycles. The first-order chi connectivity index (χ1) is 9.31. The Morgan fingerprint density at radius 2 is 2.00 bits per heavy atom. The van der Waals surface area contributed by atoms with Gasteiger partial charge in [-0.15, -0.1) is 22.7 Å². The predicted molar refractivity (Wildman–Crippen MR) is 84.2 cm³/mol. The zero-order chi connectivity index (χ0) is 13.1. The van der Waals surface area contributed by atoms with Gasteiger partial charge in [-0.25, -0.2) is 4.98 Å². The Bertz CT molecular complexity index is 644. The topological polar surface area (TPSA) is 24.9 Å². The van der Waals surface area contributed by atoms with E-state index in [4.69, 9.17) is 11.6 Å².